The summed E-state index contributed by atoms with van der Waals surface area (Å²) < 4.78 is 2.11. The van der Waals surface area contributed by atoms with E-state index in [4.69, 9.17) is 0 Å². The molecule has 1 aliphatic rings. The molecule has 5 nitrogen and oxygen atoms in total. The van der Waals surface area contributed by atoms with Crippen LogP contribution >= 0.6 is 0 Å². The molecule has 0 radical (unpaired) electrons. The van der Waals surface area contributed by atoms with Crippen LogP contribution in [0.3, 0.4) is 0 Å². The monoisotopic (exact) mass is 541 g/mol. The number of para-hydroxylation sites is 1. The van der Waals surface area contributed by atoms with Crippen LogP contribution in [0.2, 0.25) is 0 Å². The van der Waals surface area contributed by atoms with Crippen LogP contribution in [-0.2, 0) is 0 Å². The second kappa shape index (κ2) is 9.39. The Hall–Kier alpha value is -5.81. The van der Waals surface area contributed by atoms with Crippen LogP contribution in [0.4, 0.5) is 5.69 Å². The Morgan fingerprint density at radius 3 is 2.05 bits per heavy atom. The summed E-state index contributed by atoms with van der Waals surface area (Å²) in [5, 5.41) is 2.15. The van der Waals surface area contributed by atoms with Gasteiger partial charge in [0, 0.05) is 23.2 Å². The molecule has 3 heterocycles. The van der Waals surface area contributed by atoms with Gasteiger partial charge in [-0.1, -0.05) is 78.9 Å². The Balaban J connectivity index is 1.32. The van der Waals surface area contributed by atoms with Gasteiger partial charge < -0.3 is 4.57 Å². The van der Waals surface area contributed by atoms with E-state index < -0.39 is 0 Å². The molecule has 2 amide bonds. The number of nitrogens with zero attached hydrogens (tertiary/aromatic N) is 3. The quantitative estimate of drug-likeness (QED) is 0.211. The third-order valence-corrected chi connectivity index (χ3v) is 8.03. The van der Waals surface area contributed by atoms with E-state index in [2.05, 4.69) is 39.9 Å². The van der Waals surface area contributed by atoms with Gasteiger partial charge in [-0.15, -0.1) is 0 Å². The highest BCUT2D eigenvalue weighted by Gasteiger charge is 2.39. The highest BCUT2D eigenvalue weighted by Crippen LogP contribution is 2.39. The van der Waals surface area contributed by atoms with Crippen LogP contribution in [0.15, 0.2) is 140 Å². The standard InChI is InChI=1S/C37H23N3O2/c41-36-31-13-7-15-33(35(31)37(42)39(36)28-11-6-10-26(22-28)24-8-2-1-3-9-24)40-32-14-5-4-12-29(32)30-17-16-27(23-34(30)40)25-18-20-38-21-19-25/h1-23H. The molecule has 5 heteroatoms. The van der Waals surface area contributed by atoms with Crippen molar-refractivity contribution in [1.29, 1.82) is 0 Å². The predicted octanol–water partition coefficient (Wildman–Crippen LogP) is 8.31. The second-order valence-electron chi connectivity index (χ2n) is 10.4. The lowest BCUT2D eigenvalue weighted by Gasteiger charge is -2.16. The van der Waals surface area contributed by atoms with Crippen molar-refractivity contribution in [2.24, 2.45) is 0 Å². The SMILES string of the molecule is O=C1c2cccc(-n3c4ccccc4c4ccc(-c5ccncc5)cc43)c2C(=O)N1c1cccc(-c2ccccc2)c1. The minimum absolute atomic E-state index is 0.319. The number of hydrogen-bond donors (Lipinski definition) is 0. The van der Waals surface area contributed by atoms with E-state index in [0.29, 0.717) is 22.5 Å². The molecule has 2 aromatic heterocycles. The fraction of sp³-hybridized carbons (Fsp3) is 0. The molecule has 1 aliphatic heterocycles. The maximum atomic E-state index is 14.2. The number of benzene rings is 5. The third kappa shape index (κ3) is 3.61. The van der Waals surface area contributed by atoms with E-state index in [-0.39, 0.29) is 11.8 Å². The number of aromatic nitrogens is 2. The van der Waals surface area contributed by atoms with Crippen molar-refractivity contribution in [2.45, 2.75) is 0 Å². The first-order valence-corrected chi connectivity index (χ1v) is 13.8. The van der Waals surface area contributed by atoms with Gasteiger partial charge in [0.2, 0.25) is 0 Å². The lowest BCUT2D eigenvalue weighted by atomic mass is 10.0. The minimum Gasteiger partial charge on any atom is -0.308 e. The van der Waals surface area contributed by atoms with E-state index in [9.17, 15) is 9.59 Å². The molecule has 0 saturated heterocycles. The smallest absolute Gasteiger partial charge is 0.268 e. The molecule has 0 saturated carbocycles. The topological polar surface area (TPSA) is 55.2 Å². The molecular weight excluding hydrogens is 518 g/mol. The van der Waals surface area contributed by atoms with E-state index in [1.807, 2.05) is 91.0 Å². The normalized spacial score (nSPS) is 12.8. The van der Waals surface area contributed by atoms with E-state index in [0.717, 1.165) is 44.1 Å². The first-order chi connectivity index (χ1) is 20.7. The fourth-order valence-corrected chi connectivity index (χ4v) is 6.10. The van der Waals surface area contributed by atoms with E-state index in [1.165, 1.54) is 4.90 Å². The largest absolute Gasteiger partial charge is 0.308 e. The van der Waals surface area contributed by atoms with Gasteiger partial charge >= 0.3 is 0 Å². The van der Waals surface area contributed by atoms with Gasteiger partial charge in [0.15, 0.2) is 0 Å². The van der Waals surface area contributed by atoms with Gasteiger partial charge in [0.25, 0.3) is 11.8 Å². The van der Waals surface area contributed by atoms with Crippen molar-refractivity contribution >= 4 is 39.3 Å². The second-order valence-corrected chi connectivity index (χ2v) is 10.4. The van der Waals surface area contributed by atoms with Gasteiger partial charge in [-0.25, -0.2) is 4.90 Å². The molecule has 0 fully saturated rings. The highest BCUT2D eigenvalue weighted by atomic mass is 16.2. The van der Waals surface area contributed by atoms with Gasteiger partial charge in [-0.2, -0.15) is 0 Å². The van der Waals surface area contributed by atoms with Crippen LogP contribution in [0.25, 0.3) is 49.7 Å². The number of fused-ring (bicyclic) bond motifs is 4. The van der Waals surface area contributed by atoms with E-state index >= 15 is 0 Å². The number of carbonyl (C=O) groups is 2. The molecule has 8 rings (SSSR count). The molecule has 198 valence electrons. The number of amides is 2. The Labute approximate surface area is 241 Å². The summed E-state index contributed by atoms with van der Waals surface area (Å²) in [7, 11) is 0. The lowest BCUT2D eigenvalue weighted by molar-refractivity contribution is 0.0926. The maximum absolute atomic E-state index is 14.2. The summed E-state index contributed by atoms with van der Waals surface area (Å²) in [5.74, 6) is -0.646. The highest BCUT2D eigenvalue weighted by molar-refractivity contribution is 6.36. The molecule has 0 spiro atoms. The first kappa shape index (κ1) is 24.0. The zero-order valence-electron chi connectivity index (χ0n) is 22.4. The summed E-state index contributed by atoms with van der Waals surface area (Å²) in [5.41, 5.74) is 8.04. The predicted molar refractivity (Wildman–Crippen MR) is 167 cm³/mol. The third-order valence-electron chi connectivity index (χ3n) is 8.03. The van der Waals surface area contributed by atoms with Gasteiger partial charge in [-0.3, -0.25) is 14.6 Å². The molecule has 5 aromatic carbocycles. The summed E-state index contributed by atoms with van der Waals surface area (Å²) in [6, 6.07) is 41.6. The maximum Gasteiger partial charge on any atom is 0.268 e. The molecule has 0 aliphatic carbocycles. The lowest BCUT2D eigenvalue weighted by Crippen LogP contribution is -2.29. The van der Waals surface area contributed by atoms with Gasteiger partial charge in [-0.05, 0) is 70.8 Å². The number of anilines is 1. The number of rotatable bonds is 4. The average Bonchev–Trinajstić information content (AvgIpc) is 3.52. The molecule has 0 unspecified atom stereocenters. The van der Waals surface area contributed by atoms with Crippen LogP contribution in [0.1, 0.15) is 20.7 Å². The average molecular weight is 542 g/mol. The van der Waals surface area contributed by atoms with Crippen molar-refractivity contribution in [3.05, 3.63) is 151 Å². The summed E-state index contributed by atoms with van der Waals surface area (Å²) >= 11 is 0. The van der Waals surface area contributed by atoms with Crippen molar-refractivity contribution < 1.29 is 9.59 Å². The fourth-order valence-electron chi connectivity index (χ4n) is 6.10. The Bertz CT molecular complexity index is 2180. The van der Waals surface area contributed by atoms with E-state index in [1.54, 1.807) is 18.5 Å². The number of hydrogen-bond acceptors (Lipinski definition) is 3. The Morgan fingerprint density at radius 1 is 0.500 bits per heavy atom. The Morgan fingerprint density at radius 2 is 1.19 bits per heavy atom. The summed E-state index contributed by atoms with van der Waals surface area (Å²) in [6.07, 6.45) is 3.57. The zero-order chi connectivity index (χ0) is 28.2. The van der Waals surface area contributed by atoms with Crippen LogP contribution in [-0.4, -0.2) is 21.4 Å². The summed E-state index contributed by atoms with van der Waals surface area (Å²) in [6.45, 7) is 0. The van der Waals surface area contributed by atoms with Gasteiger partial charge in [0.1, 0.15) is 0 Å². The molecule has 0 N–H and O–H groups in total. The van der Waals surface area contributed by atoms with Crippen LogP contribution in [0, 0.1) is 0 Å². The number of carbonyl (C=O) groups excluding carboxylic acids is 2. The van der Waals surface area contributed by atoms with Crippen molar-refractivity contribution in [2.75, 3.05) is 4.90 Å². The zero-order valence-corrected chi connectivity index (χ0v) is 22.4. The van der Waals surface area contributed by atoms with Crippen LogP contribution in [0.5, 0.6) is 0 Å². The minimum atomic E-state index is -0.327. The Kier molecular flexibility index (Phi) is 5.37. The molecule has 0 atom stereocenters. The van der Waals surface area contributed by atoms with Crippen molar-refractivity contribution in [3.8, 4) is 27.9 Å². The molecule has 42 heavy (non-hydrogen) atoms. The van der Waals surface area contributed by atoms with Crippen molar-refractivity contribution in [3.63, 3.8) is 0 Å². The van der Waals surface area contributed by atoms with Crippen LogP contribution < -0.4 is 4.90 Å². The molecular formula is C37H23N3O2. The number of imide groups is 1. The van der Waals surface area contributed by atoms with Crippen molar-refractivity contribution in [1.82, 2.24) is 9.55 Å². The van der Waals surface area contributed by atoms with Gasteiger partial charge in [0.05, 0.1) is 33.5 Å². The first-order valence-electron chi connectivity index (χ1n) is 13.8. The number of pyridine rings is 1. The molecule has 0 bridgehead atoms. The molecule has 7 aromatic rings. The summed E-state index contributed by atoms with van der Waals surface area (Å²) in [4.78, 5) is 33.5.